The lowest BCUT2D eigenvalue weighted by Gasteiger charge is -2.16. The van der Waals surface area contributed by atoms with Crippen molar-refractivity contribution >= 4 is 27.4 Å². The first-order valence-electron chi connectivity index (χ1n) is 5.21. The molecule has 0 aliphatic heterocycles. The van der Waals surface area contributed by atoms with Crippen LogP contribution in [0.15, 0.2) is 16.7 Å². The van der Waals surface area contributed by atoms with Crippen molar-refractivity contribution in [3.63, 3.8) is 0 Å². The highest BCUT2D eigenvalue weighted by molar-refractivity contribution is 9.10. The molecule has 1 aromatic heterocycles. The van der Waals surface area contributed by atoms with Gasteiger partial charge in [0, 0.05) is 29.3 Å². The summed E-state index contributed by atoms with van der Waals surface area (Å²) in [6.45, 7) is 4.44. The van der Waals surface area contributed by atoms with E-state index in [1.807, 2.05) is 13.8 Å². The Bertz CT molecular complexity index is 411. The fourth-order valence-electron chi connectivity index (χ4n) is 1.15. The van der Waals surface area contributed by atoms with E-state index in [1.54, 1.807) is 0 Å². The molecule has 1 unspecified atom stereocenters. The number of halogens is 1. The van der Waals surface area contributed by atoms with Crippen LogP contribution < -0.4 is 11.1 Å². The highest BCUT2D eigenvalue weighted by Gasteiger charge is 2.17. The van der Waals surface area contributed by atoms with E-state index in [1.165, 1.54) is 12.3 Å². The molecular formula is C10H15BrN4O2. The van der Waals surface area contributed by atoms with Crippen LogP contribution in [-0.4, -0.2) is 22.5 Å². The van der Waals surface area contributed by atoms with Gasteiger partial charge in [0.25, 0.3) is 0 Å². The molecule has 0 saturated heterocycles. The summed E-state index contributed by atoms with van der Waals surface area (Å²) < 4.78 is 0.572. The third kappa shape index (κ3) is 3.94. The third-order valence-corrected chi connectivity index (χ3v) is 2.83. The molecule has 0 fully saturated rings. The van der Waals surface area contributed by atoms with Crippen molar-refractivity contribution < 1.29 is 4.92 Å². The van der Waals surface area contributed by atoms with Gasteiger partial charge < -0.3 is 11.1 Å². The van der Waals surface area contributed by atoms with E-state index in [-0.39, 0.29) is 17.5 Å². The van der Waals surface area contributed by atoms with Gasteiger partial charge in [-0.15, -0.1) is 0 Å². The average molecular weight is 303 g/mol. The number of nitrogens with two attached hydrogens (primary N) is 1. The van der Waals surface area contributed by atoms with E-state index < -0.39 is 4.92 Å². The van der Waals surface area contributed by atoms with Crippen molar-refractivity contribution in [1.82, 2.24) is 4.98 Å². The van der Waals surface area contributed by atoms with E-state index in [0.29, 0.717) is 16.9 Å². The summed E-state index contributed by atoms with van der Waals surface area (Å²) in [7, 11) is 0. The topological polar surface area (TPSA) is 94.1 Å². The predicted molar refractivity (Wildman–Crippen MR) is 69.9 cm³/mol. The van der Waals surface area contributed by atoms with Crippen LogP contribution in [0.1, 0.15) is 13.8 Å². The quantitative estimate of drug-likeness (QED) is 0.642. The minimum atomic E-state index is -0.471. The van der Waals surface area contributed by atoms with Crippen LogP contribution in [0.2, 0.25) is 0 Å². The van der Waals surface area contributed by atoms with E-state index in [0.717, 1.165) is 0 Å². The average Bonchev–Trinajstić information content (AvgIpc) is 2.26. The number of nitrogens with zero attached hydrogens (tertiary/aromatic N) is 2. The van der Waals surface area contributed by atoms with Crippen LogP contribution in [0.3, 0.4) is 0 Å². The molecule has 0 amide bonds. The molecule has 0 radical (unpaired) electrons. The summed E-state index contributed by atoms with van der Waals surface area (Å²) in [5.74, 6) is 0.548. The standard InChI is InChI=1S/C10H15BrN4O2/c1-6(2)8(12)5-14-10-9(15(16)17)3-7(11)4-13-10/h3-4,6,8H,5,12H2,1-2H3,(H,13,14). The molecule has 0 aromatic carbocycles. The van der Waals surface area contributed by atoms with Crippen LogP contribution in [0, 0.1) is 16.0 Å². The van der Waals surface area contributed by atoms with Gasteiger partial charge in [0.2, 0.25) is 5.82 Å². The fraction of sp³-hybridized carbons (Fsp3) is 0.500. The van der Waals surface area contributed by atoms with E-state index >= 15 is 0 Å². The molecule has 6 nitrogen and oxygen atoms in total. The Labute approximate surface area is 108 Å². The monoisotopic (exact) mass is 302 g/mol. The summed E-state index contributed by atoms with van der Waals surface area (Å²) in [4.78, 5) is 14.3. The summed E-state index contributed by atoms with van der Waals surface area (Å²) >= 11 is 3.15. The molecule has 1 aromatic rings. The Morgan fingerprint density at radius 1 is 1.65 bits per heavy atom. The maximum atomic E-state index is 10.8. The normalized spacial score (nSPS) is 12.5. The van der Waals surface area contributed by atoms with Crippen molar-refractivity contribution in [2.45, 2.75) is 19.9 Å². The van der Waals surface area contributed by atoms with Crippen LogP contribution in [-0.2, 0) is 0 Å². The molecule has 0 aliphatic carbocycles. The molecular weight excluding hydrogens is 288 g/mol. The molecule has 3 N–H and O–H groups in total. The minimum Gasteiger partial charge on any atom is -0.363 e. The van der Waals surface area contributed by atoms with Crippen LogP contribution >= 0.6 is 15.9 Å². The molecule has 0 spiro atoms. The number of hydrogen-bond donors (Lipinski definition) is 2. The van der Waals surface area contributed by atoms with Gasteiger partial charge in [-0.3, -0.25) is 10.1 Å². The largest absolute Gasteiger partial charge is 0.363 e. The SMILES string of the molecule is CC(C)C(N)CNc1ncc(Br)cc1[N+](=O)[O-]. The van der Waals surface area contributed by atoms with Crippen LogP contribution in [0.5, 0.6) is 0 Å². The van der Waals surface area contributed by atoms with Gasteiger partial charge in [-0.1, -0.05) is 13.8 Å². The van der Waals surface area contributed by atoms with Crippen molar-refractivity contribution in [2.75, 3.05) is 11.9 Å². The zero-order chi connectivity index (χ0) is 13.0. The summed E-state index contributed by atoms with van der Waals surface area (Å²) in [5.41, 5.74) is 5.79. The van der Waals surface area contributed by atoms with Gasteiger partial charge in [0.05, 0.1) is 4.92 Å². The van der Waals surface area contributed by atoms with Crippen molar-refractivity contribution in [3.05, 3.63) is 26.9 Å². The van der Waals surface area contributed by atoms with Crippen molar-refractivity contribution in [3.8, 4) is 0 Å². The maximum Gasteiger partial charge on any atom is 0.312 e. The molecule has 94 valence electrons. The lowest BCUT2D eigenvalue weighted by molar-refractivity contribution is -0.384. The van der Waals surface area contributed by atoms with E-state index in [2.05, 4.69) is 26.2 Å². The number of pyridine rings is 1. The molecule has 0 bridgehead atoms. The van der Waals surface area contributed by atoms with E-state index in [4.69, 9.17) is 5.73 Å². The highest BCUT2D eigenvalue weighted by Crippen LogP contribution is 2.25. The van der Waals surface area contributed by atoms with Crippen LogP contribution in [0.25, 0.3) is 0 Å². The number of hydrogen-bond acceptors (Lipinski definition) is 5. The number of anilines is 1. The van der Waals surface area contributed by atoms with Gasteiger partial charge in [-0.25, -0.2) is 4.98 Å². The Hall–Kier alpha value is -1.21. The Morgan fingerprint density at radius 2 is 2.29 bits per heavy atom. The lowest BCUT2D eigenvalue weighted by atomic mass is 10.1. The van der Waals surface area contributed by atoms with Gasteiger partial charge >= 0.3 is 5.69 Å². The molecule has 1 rings (SSSR count). The molecule has 1 heterocycles. The second kappa shape index (κ2) is 5.92. The summed E-state index contributed by atoms with van der Waals surface area (Å²) in [6.07, 6.45) is 1.51. The first kappa shape index (κ1) is 13.9. The van der Waals surface area contributed by atoms with Crippen LogP contribution in [0.4, 0.5) is 11.5 Å². The molecule has 0 saturated carbocycles. The van der Waals surface area contributed by atoms with Gasteiger partial charge in [0.1, 0.15) is 0 Å². The predicted octanol–water partition coefficient (Wildman–Crippen LogP) is 2.15. The number of nitrogens with one attached hydrogen (secondary N) is 1. The van der Waals surface area contributed by atoms with Gasteiger partial charge in [-0.05, 0) is 21.8 Å². The second-order valence-corrected chi connectivity index (χ2v) is 4.98. The zero-order valence-corrected chi connectivity index (χ0v) is 11.3. The van der Waals surface area contributed by atoms with Crippen molar-refractivity contribution in [2.24, 2.45) is 11.7 Å². The zero-order valence-electron chi connectivity index (χ0n) is 9.68. The minimum absolute atomic E-state index is 0.0599. The van der Waals surface area contributed by atoms with Gasteiger partial charge in [0.15, 0.2) is 0 Å². The second-order valence-electron chi connectivity index (χ2n) is 4.07. The summed E-state index contributed by atoms with van der Waals surface area (Å²) in [5, 5.41) is 13.7. The first-order chi connectivity index (χ1) is 7.91. The smallest absolute Gasteiger partial charge is 0.312 e. The first-order valence-corrected chi connectivity index (χ1v) is 6.00. The fourth-order valence-corrected chi connectivity index (χ4v) is 1.47. The Balaban J connectivity index is 2.80. The molecule has 0 aliphatic rings. The number of rotatable bonds is 5. The Morgan fingerprint density at radius 3 is 2.82 bits per heavy atom. The van der Waals surface area contributed by atoms with Gasteiger partial charge in [-0.2, -0.15) is 0 Å². The molecule has 17 heavy (non-hydrogen) atoms. The molecule has 7 heteroatoms. The number of nitro groups is 1. The lowest BCUT2D eigenvalue weighted by Crippen LogP contribution is -2.34. The Kier molecular flexibility index (Phi) is 4.83. The maximum absolute atomic E-state index is 10.8. The summed E-state index contributed by atoms with van der Waals surface area (Å²) in [6, 6.07) is 1.34. The van der Waals surface area contributed by atoms with Crippen molar-refractivity contribution in [1.29, 1.82) is 0 Å². The molecule has 1 atom stereocenters. The third-order valence-electron chi connectivity index (χ3n) is 2.39. The highest BCUT2D eigenvalue weighted by atomic mass is 79.9. The van der Waals surface area contributed by atoms with E-state index in [9.17, 15) is 10.1 Å². The number of aromatic nitrogens is 1.